The van der Waals surface area contributed by atoms with Crippen molar-refractivity contribution in [1.82, 2.24) is 10.2 Å². The van der Waals surface area contributed by atoms with Crippen molar-refractivity contribution in [2.75, 3.05) is 52.7 Å². The van der Waals surface area contributed by atoms with Crippen molar-refractivity contribution >= 4 is 12.0 Å². The van der Waals surface area contributed by atoms with E-state index < -0.39 is 0 Å². The topological polar surface area (TPSA) is 83.8 Å². The third-order valence-electron chi connectivity index (χ3n) is 5.12. The Hall–Kier alpha value is -2.40. The van der Waals surface area contributed by atoms with Gasteiger partial charge in [0.25, 0.3) is 0 Å². The molecular weight excluding hydrogens is 358 g/mol. The monoisotopic (exact) mass is 385 g/mol. The molecule has 0 aliphatic carbocycles. The number of hydrogen-bond donors (Lipinski definition) is 1. The summed E-state index contributed by atoms with van der Waals surface area (Å²) in [6.07, 6.45) is 4.35. The van der Waals surface area contributed by atoms with E-state index in [1.165, 1.54) is 0 Å². The lowest BCUT2D eigenvalue weighted by molar-refractivity contribution is -0.116. The number of benzene rings is 1. The van der Waals surface area contributed by atoms with Crippen molar-refractivity contribution in [1.29, 1.82) is 5.26 Å². The average molecular weight is 385 g/mol. The molecular formula is C21H27N3O4. The van der Waals surface area contributed by atoms with Crippen LogP contribution in [0.15, 0.2) is 30.3 Å². The number of amides is 1. The van der Waals surface area contributed by atoms with Crippen LogP contribution in [-0.4, -0.2) is 69.5 Å². The third kappa shape index (κ3) is 6.06. The van der Waals surface area contributed by atoms with Gasteiger partial charge in [0.1, 0.15) is 11.8 Å². The van der Waals surface area contributed by atoms with Gasteiger partial charge in [-0.25, -0.2) is 0 Å². The first-order valence-corrected chi connectivity index (χ1v) is 9.71. The normalized spacial score (nSPS) is 21.3. The summed E-state index contributed by atoms with van der Waals surface area (Å²) >= 11 is 0. The van der Waals surface area contributed by atoms with Gasteiger partial charge in [0.05, 0.1) is 19.8 Å². The SMILES string of the molecule is N#CCOc1ccc(/C=C/C(=O)NCC(C2CCOC2)N2CCOCC2)cc1. The summed E-state index contributed by atoms with van der Waals surface area (Å²) in [5.41, 5.74) is 0.897. The van der Waals surface area contributed by atoms with Crippen LogP contribution in [-0.2, 0) is 14.3 Å². The second-order valence-corrected chi connectivity index (χ2v) is 6.93. The lowest BCUT2D eigenvalue weighted by Crippen LogP contribution is -2.52. The molecule has 2 fully saturated rings. The summed E-state index contributed by atoms with van der Waals surface area (Å²) in [5, 5.41) is 11.6. The van der Waals surface area contributed by atoms with Crippen LogP contribution >= 0.6 is 0 Å². The van der Waals surface area contributed by atoms with Crippen LogP contribution in [0.4, 0.5) is 0 Å². The molecule has 1 aromatic rings. The highest BCUT2D eigenvalue weighted by Gasteiger charge is 2.31. The van der Waals surface area contributed by atoms with Gasteiger partial charge in [0.2, 0.25) is 5.91 Å². The van der Waals surface area contributed by atoms with Crippen LogP contribution in [0, 0.1) is 17.2 Å². The van der Waals surface area contributed by atoms with E-state index in [-0.39, 0.29) is 18.6 Å². The molecule has 7 nitrogen and oxygen atoms in total. The largest absolute Gasteiger partial charge is 0.479 e. The summed E-state index contributed by atoms with van der Waals surface area (Å²) in [6.45, 7) is 5.46. The Labute approximate surface area is 165 Å². The fraction of sp³-hybridized carbons (Fsp3) is 0.524. The highest BCUT2D eigenvalue weighted by Crippen LogP contribution is 2.22. The number of nitrogens with one attached hydrogen (secondary N) is 1. The third-order valence-corrected chi connectivity index (χ3v) is 5.12. The molecule has 150 valence electrons. The average Bonchev–Trinajstić information content (AvgIpc) is 3.27. The quantitative estimate of drug-likeness (QED) is 0.682. The van der Waals surface area contributed by atoms with Crippen LogP contribution in [0.2, 0.25) is 0 Å². The van der Waals surface area contributed by atoms with E-state index in [1.54, 1.807) is 24.3 Å². The second-order valence-electron chi connectivity index (χ2n) is 6.93. The van der Waals surface area contributed by atoms with Crippen LogP contribution in [0.5, 0.6) is 5.75 Å². The molecule has 2 saturated heterocycles. The zero-order chi connectivity index (χ0) is 19.6. The van der Waals surface area contributed by atoms with Crippen molar-refractivity contribution in [2.45, 2.75) is 12.5 Å². The van der Waals surface area contributed by atoms with Gasteiger partial charge in [-0.15, -0.1) is 0 Å². The molecule has 28 heavy (non-hydrogen) atoms. The Morgan fingerprint density at radius 3 is 2.75 bits per heavy atom. The molecule has 2 heterocycles. The maximum absolute atomic E-state index is 12.3. The number of carbonyl (C=O) groups is 1. The van der Waals surface area contributed by atoms with Gasteiger partial charge in [-0.3, -0.25) is 9.69 Å². The van der Waals surface area contributed by atoms with Crippen LogP contribution in [0.25, 0.3) is 6.08 Å². The van der Waals surface area contributed by atoms with Crippen LogP contribution in [0.1, 0.15) is 12.0 Å². The molecule has 2 unspecified atom stereocenters. The van der Waals surface area contributed by atoms with E-state index >= 15 is 0 Å². The first kappa shape index (κ1) is 20.3. The number of carbonyl (C=O) groups excluding carboxylic acids is 1. The van der Waals surface area contributed by atoms with Crippen molar-refractivity contribution in [3.63, 3.8) is 0 Å². The lowest BCUT2D eigenvalue weighted by Gasteiger charge is -2.37. The highest BCUT2D eigenvalue weighted by molar-refractivity contribution is 5.91. The van der Waals surface area contributed by atoms with Crippen molar-refractivity contribution < 1.29 is 19.0 Å². The predicted octanol–water partition coefficient (Wildman–Crippen LogP) is 1.46. The molecule has 3 rings (SSSR count). The maximum Gasteiger partial charge on any atom is 0.244 e. The summed E-state index contributed by atoms with van der Waals surface area (Å²) in [6, 6.07) is 9.47. The second kappa shape index (κ2) is 10.8. The molecule has 0 radical (unpaired) electrons. The Kier molecular flexibility index (Phi) is 7.85. The maximum atomic E-state index is 12.3. The fourth-order valence-corrected chi connectivity index (χ4v) is 3.59. The summed E-state index contributed by atoms with van der Waals surface area (Å²) in [5.74, 6) is 0.973. The van der Waals surface area contributed by atoms with Gasteiger partial charge in [0.15, 0.2) is 6.61 Å². The minimum atomic E-state index is -0.109. The minimum Gasteiger partial charge on any atom is -0.479 e. The molecule has 7 heteroatoms. The number of hydrogen-bond acceptors (Lipinski definition) is 6. The Morgan fingerprint density at radius 1 is 1.29 bits per heavy atom. The summed E-state index contributed by atoms with van der Waals surface area (Å²) in [4.78, 5) is 14.7. The molecule has 0 bridgehead atoms. The van der Waals surface area contributed by atoms with Crippen molar-refractivity contribution in [3.8, 4) is 11.8 Å². The number of rotatable bonds is 8. The number of ether oxygens (including phenoxy) is 3. The molecule has 0 saturated carbocycles. The molecule has 2 aliphatic heterocycles. The zero-order valence-electron chi connectivity index (χ0n) is 16.0. The van der Waals surface area contributed by atoms with E-state index in [0.29, 0.717) is 18.2 Å². The number of nitriles is 1. The highest BCUT2D eigenvalue weighted by atomic mass is 16.5. The van der Waals surface area contributed by atoms with Crippen molar-refractivity contribution in [3.05, 3.63) is 35.9 Å². The van der Waals surface area contributed by atoms with E-state index in [2.05, 4.69) is 10.2 Å². The van der Waals surface area contributed by atoms with Gasteiger partial charge in [-0.1, -0.05) is 12.1 Å². The van der Waals surface area contributed by atoms with Gasteiger partial charge < -0.3 is 19.5 Å². The van der Waals surface area contributed by atoms with E-state index in [4.69, 9.17) is 19.5 Å². The Balaban J connectivity index is 1.50. The van der Waals surface area contributed by atoms with Crippen molar-refractivity contribution in [2.24, 2.45) is 5.92 Å². The Bertz CT molecular complexity index is 687. The van der Waals surface area contributed by atoms with Crippen LogP contribution < -0.4 is 10.1 Å². The number of nitrogens with zero attached hydrogens (tertiary/aromatic N) is 2. The molecule has 2 atom stereocenters. The van der Waals surface area contributed by atoms with Gasteiger partial charge in [-0.05, 0) is 30.2 Å². The molecule has 0 spiro atoms. The first-order chi connectivity index (χ1) is 13.8. The summed E-state index contributed by atoms with van der Waals surface area (Å²) in [7, 11) is 0. The zero-order valence-corrected chi connectivity index (χ0v) is 16.0. The van der Waals surface area contributed by atoms with Crippen LogP contribution in [0.3, 0.4) is 0 Å². The predicted molar refractivity (Wildman–Crippen MR) is 105 cm³/mol. The standard InChI is InChI=1S/C21H27N3O4/c22-8-12-28-19-4-1-17(2-5-19)3-6-21(25)23-15-20(18-7-11-27-16-18)24-9-13-26-14-10-24/h1-6,18,20H,7,9-16H2,(H,23,25)/b6-3+. The molecule has 0 aromatic heterocycles. The number of morpholine rings is 1. The first-order valence-electron chi connectivity index (χ1n) is 9.71. The molecule has 1 aromatic carbocycles. The molecule has 1 N–H and O–H groups in total. The minimum absolute atomic E-state index is 0.0218. The van der Waals surface area contributed by atoms with E-state index in [0.717, 1.165) is 51.5 Å². The van der Waals surface area contributed by atoms with Gasteiger partial charge >= 0.3 is 0 Å². The summed E-state index contributed by atoms with van der Waals surface area (Å²) < 4.78 is 16.2. The smallest absolute Gasteiger partial charge is 0.244 e. The van der Waals surface area contributed by atoms with Gasteiger partial charge in [0, 0.05) is 44.3 Å². The lowest BCUT2D eigenvalue weighted by atomic mass is 9.97. The Morgan fingerprint density at radius 2 is 2.07 bits per heavy atom. The van der Waals surface area contributed by atoms with E-state index in [1.807, 2.05) is 18.2 Å². The molecule has 2 aliphatic rings. The fourth-order valence-electron chi connectivity index (χ4n) is 3.59. The van der Waals surface area contributed by atoms with E-state index in [9.17, 15) is 4.79 Å². The van der Waals surface area contributed by atoms with Gasteiger partial charge in [-0.2, -0.15) is 5.26 Å². The molecule has 1 amide bonds.